The number of carbonyl (C=O) groups is 1. The minimum Gasteiger partial charge on any atom is -0.334 e. The van der Waals surface area contributed by atoms with Crippen LogP contribution in [0.15, 0.2) is 34.2 Å². The molecule has 1 aromatic heterocycles. The second-order valence-corrected chi connectivity index (χ2v) is 6.42. The molecule has 0 bridgehead atoms. The van der Waals surface area contributed by atoms with Gasteiger partial charge in [0.05, 0.1) is 5.75 Å². The second kappa shape index (κ2) is 6.04. The summed E-state index contributed by atoms with van der Waals surface area (Å²) in [5, 5.41) is 7.87. The summed E-state index contributed by atoms with van der Waals surface area (Å²) in [5.74, 6) is 5.79. The van der Waals surface area contributed by atoms with E-state index in [-0.39, 0.29) is 28.6 Å². The van der Waals surface area contributed by atoms with Gasteiger partial charge in [0, 0.05) is 11.7 Å². The van der Waals surface area contributed by atoms with Gasteiger partial charge in [0.2, 0.25) is 11.1 Å². The molecule has 0 unspecified atom stereocenters. The predicted molar refractivity (Wildman–Crippen MR) is 89.0 cm³/mol. The third kappa shape index (κ3) is 2.81. The third-order valence-corrected chi connectivity index (χ3v) is 4.75. The number of rotatable bonds is 3. The molecule has 0 saturated carbocycles. The van der Waals surface area contributed by atoms with Gasteiger partial charge in [-0.2, -0.15) is 4.68 Å². The molecule has 1 aliphatic rings. The van der Waals surface area contributed by atoms with E-state index in [1.54, 1.807) is 11.8 Å². The Balaban J connectivity index is 1.76. The molecule has 1 aromatic carbocycles. The van der Waals surface area contributed by atoms with Crippen molar-refractivity contribution in [1.29, 1.82) is 0 Å². The molecule has 0 spiro atoms. The molecule has 23 heavy (non-hydrogen) atoms. The Labute approximate surface area is 137 Å². The van der Waals surface area contributed by atoms with Crippen LogP contribution in [-0.4, -0.2) is 32.6 Å². The number of carbonyl (C=O) groups excluding carboxylic acids is 1. The van der Waals surface area contributed by atoms with Crippen LogP contribution >= 0.6 is 11.8 Å². The van der Waals surface area contributed by atoms with E-state index < -0.39 is 5.56 Å². The molecule has 2 aromatic rings. The van der Waals surface area contributed by atoms with Crippen LogP contribution in [0.25, 0.3) is 0 Å². The predicted octanol–water partition coefficient (Wildman–Crippen LogP) is 0.730. The summed E-state index contributed by atoms with van der Waals surface area (Å²) in [4.78, 5) is 26.1. The van der Waals surface area contributed by atoms with Crippen LogP contribution < -0.4 is 16.3 Å². The maximum atomic E-state index is 12.6. The fourth-order valence-electron chi connectivity index (χ4n) is 2.71. The van der Waals surface area contributed by atoms with Crippen LogP contribution in [0.5, 0.6) is 0 Å². The molecule has 3 rings (SSSR count). The van der Waals surface area contributed by atoms with Crippen molar-refractivity contribution in [3.05, 3.63) is 45.9 Å². The van der Waals surface area contributed by atoms with Gasteiger partial charge in [0.1, 0.15) is 5.69 Å². The zero-order chi connectivity index (χ0) is 16.6. The van der Waals surface area contributed by atoms with Crippen molar-refractivity contribution in [2.45, 2.75) is 31.5 Å². The van der Waals surface area contributed by atoms with Crippen LogP contribution in [0, 0.1) is 6.92 Å². The number of amides is 1. The summed E-state index contributed by atoms with van der Waals surface area (Å²) < 4.78 is 0.932. The van der Waals surface area contributed by atoms with Gasteiger partial charge in [-0.05, 0) is 31.9 Å². The number of benzene rings is 1. The van der Waals surface area contributed by atoms with Crippen LogP contribution in [-0.2, 0) is 11.2 Å². The largest absolute Gasteiger partial charge is 0.334 e. The van der Waals surface area contributed by atoms with E-state index in [1.165, 1.54) is 5.56 Å². The fourth-order valence-corrected chi connectivity index (χ4v) is 3.42. The highest BCUT2D eigenvalue weighted by Gasteiger charge is 2.30. The van der Waals surface area contributed by atoms with E-state index in [4.69, 9.17) is 5.84 Å². The van der Waals surface area contributed by atoms with E-state index in [1.807, 2.05) is 31.2 Å². The Morgan fingerprint density at radius 2 is 2.13 bits per heavy atom. The molecule has 1 amide bonds. The number of nitrogens with two attached hydrogens (primary N) is 1. The number of nitrogen functional groups attached to an aromatic ring is 1. The van der Waals surface area contributed by atoms with Crippen molar-refractivity contribution in [3.63, 3.8) is 0 Å². The maximum Gasteiger partial charge on any atom is 0.294 e. The molecule has 2 N–H and O–H groups in total. The molecule has 0 radical (unpaired) electrons. The van der Waals surface area contributed by atoms with Crippen molar-refractivity contribution >= 4 is 23.4 Å². The first-order valence-corrected chi connectivity index (χ1v) is 8.21. The molecular weight excluding hydrogens is 314 g/mol. The van der Waals surface area contributed by atoms with E-state index in [0.717, 1.165) is 28.5 Å². The molecule has 1 atom stereocenters. The van der Waals surface area contributed by atoms with Crippen LogP contribution in [0.2, 0.25) is 0 Å². The zero-order valence-electron chi connectivity index (χ0n) is 12.9. The quantitative estimate of drug-likeness (QED) is 0.658. The third-order valence-electron chi connectivity index (χ3n) is 3.82. The minimum atomic E-state index is -0.408. The number of nitrogens with zero attached hydrogens (tertiary/aromatic N) is 4. The van der Waals surface area contributed by atoms with E-state index >= 15 is 0 Å². The van der Waals surface area contributed by atoms with Gasteiger partial charge in [-0.25, -0.2) is 0 Å². The average molecular weight is 331 g/mol. The lowest BCUT2D eigenvalue weighted by atomic mass is 10.1. The lowest BCUT2D eigenvalue weighted by Crippen LogP contribution is -2.37. The molecule has 7 nitrogen and oxygen atoms in total. The Morgan fingerprint density at radius 1 is 1.39 bits per heavy atom. The number of hydrogen-bond donors (Lipinski definition) is 1. The van der Waals surface area contributed by atoms with Crippen LogP contribution in [0.3, 0.4) is 0 Å². The zero-order valence-corrected chi connectivity index (χ0v) is 13.7. The fraction of sp³-hybridized carbons (Fsp3) is 0.333. The first-order chi connectivity index (χ1) is 11.0. The number of aryl methyl sites for hydroxylation is 1. The van der Waals surface area contributed by atoms with Gasteiger partial charge >= 0.3 is 0 Å². The van der Waals surface area contributed by atoms with E-state index in [9.17, 15) is 9.59 Å². The number of anilines is 1. The van der Waals surface area contributed by atoms with Gasteiger partial charge < -0.3 is 10.7 Å². The summed E-state index contributed by atoms with van der Waals surface area (Å²) in [6, 6.07) is 8.00. The lowest BCUT2D eigenvalue weighted by molar-refractivity contribution is -0.116. The normalized spacial score (nSPS) is 16.4. The summed E-state index contributed by atoms with van der Waals surface area (Å²) in [7, 11) is 0. The highest BCUT2D eigenvalue weighted by molar-refractivity contribution is 7.99. The van der Waals surface area contributed by atoms with Gasteiger partial charge in [0.25, 0.3) is 5.56 Å². The van der Waals surface area contributed by atoms with E-state index in [2.05, 4.69) is 10.2 Å². The number of fused-ring (bicyclic) bond motifs is 1. The Bertz CT molecular complexity index is 820. The Hall–Kier alpha value is -2.35. The first kappa shape index (κ1) is 15.5. The Kier molecular flexibility index (Phi) is 4.08. The molecule has 120 valence electrons. The Morgan fingerprint density at radius 3 is 2.91 bits per heavy atom. The topological polar surface area (TPSA) is 94.1 Å². The monoisotopic (exact) mass is 331 g/mol. The summed E-state index contributed by atoms with van der Waals surface area (Å²) in [6.07, 6.45) is 0.846. The molecule has 0 saturated heterocycles. The molecule has 0 aliphatic carbocycles. The molecular formula is C15H17N5O2S. The van der Waals surface area contributed by atoms with Crippen molar-refractivity contribution in [3.8, 4) is 0 Å². The van der Waals surface area contributed by atoms with Crippen molar-refractivity contribution in [1.82, 2.24) is 14.9 Å². The number of hydrogen-bond acceptors (Lipinski definition) is 6. The van der Waals surface area contributed by atoms with E-state index in [0.29, 0.717) is 0 Å². The summed E-state index contributed by atoms with van der Waals surface area (Å²) >= 11 is 1.11. The number of para-hydroxylation sites is 1. The maximum absolute atomic E-state index is 12.6. The van der Waals surface area contributed by atoms with Gasteiger partial charge in [-0.1, -0.05) is 30.0 Å². The SMILES string of the molecule is Cc1nnc(SCC(=O)N2c3ccccc3C[C@H]2C)n(N)c1=O. The van der Waals surface area contributed by atoms with Crippen LogP contribution in [0.4, 0.5) is 5.69 Å². The number of thioether (sulfide) groups is 1. The van der Waals surface area contributed by atoms with Crippen molar-refractivity contribution in [2.24, 2.45) is 0 Å². The van der Waals surface area contributed by atoms with Crippen LogP contribution in [0.1, 0.15) is 18.2 Å². The summed E-state index contributed by atoms with van der Waals surface area (Å²) in [5.41, 5.74) is 1.94. The smallest absolute Gasteiger partial charge is 0.294 e. The average Bonchev–Trinajstić information content (AvgIpc) is 2.87. The highest BCUT2D eigenvalue weighted by atomic mass is 32.2. The highest BCUT2D eigenvalue weighted by Crippen LogP contribution is 2.32. The second-order valence-electron chi connectivity index (χ2n) is 5.48. The molecule has 2 heterocycles. The van der Waals surface area contributed by atoms with Gasteiger partial charge in [-0.15, -0.1) is 10.2 Å². The molecule has 1 aliphatic heterocycles. The minimum absolute atomic E-state index is 0.0396. The van der Waals surface area contributed by atoms with Gasteiger partial charge in [-0.3, -0.25) is 9.59 Å². The van der Waals surface area contributed by atoms with Crippen molar-refractivity contribution in [2.75, 3.05) is 16.5 Å². The van der Waals surface area contributed by atoms with Gasteiger partial charge in [0.15, 0.2) is 0 Å². The number of aromatic nitrogens is 3. The first-order valence-electron chi connectivity index (χ1n) is 7.23. The molecule has 8 heteroatoms. The standard InChI is InChI=1S/C15H17N5O2S/c1-9-7-11-5-3-4-6-12(11)19(9)13(21)8-23-15-18-17-10(2)14(22)20(15)16/h3-6,9H,7-8,16H2,1-2H3/t9-/m1/s1. The lowest BCUT2D eigenvalue weighted by Gasteiger charge is -2.22. The molecule has 0 fully saturated rings. The summed E-state index contributed by atoms with van der Waals surface area (Å²) in [6.45, 7) is 3.56. The van der Waals surface area contributed by atoms with Crippen molar-refractivity contribution < 1.29 is 4.79 Å².